The van der Waals surface area contributed by atoms with Crippen LogP contribution >= 0.6 is 39.1 Å². The Morgan fingerprint density at radius 3 is 2.34 bits per heavy atom. The number of hydrogen-bond donors (Lipinski definition) is 2. The predicted molar refractivity (Wildman–Crippen MR) is 235 cm³/mol. The summed E-state index contributed by atoms with van der Waals surface area (Å²) in [5, 5.41) is 13.6. The number of carbonyl (C=O) groups excluding carboxylic acids is 4. The van der Waals surface area contributed by atoms with Crippen molar-refractivity contribution in [2.75, 3.05) is 24.5 Å². The number of oxazole rings is 1. The van der Waals surface area contributed by atoms with Crippen LogP contribution in [0.1, 0.15) is 29.9 Å². The first-order chi connectivity index (χ1) is 29.9. The molecule has 4 aliphatic rings. The van der Waals surface area contributed by atoms with Gasteiger partial charge < -0.3 is 19.0 Å². The Morgan fingerprint density at radius 2 is 1.63 bits per heavy atom. The highest BCUT2D eigenvalue weighted by molar-refractivity contribution is 9.10. The molecule has 6 aromatic rings. The van der Waals surface area contributed by atoms with Crippen LogP contribution in [-0.2, 0) is 24.6 Å². The molecule has 2 saturated heterocycles. The molecule has 5 aromatic carbocycles. The highest BCUT2D eigenvalue weighted by atomic mass is 79.9. The number of hydrogen-bond acceptors (Lipinski definition) is 10. The van der Waals surface area contributed by atoms with Crippen molar-refractivity contribution < 1.29 is 38.2 Å². The summed E-state index contributed by atoms with van der Waals surface area (Å²) in [6.07, 6.45) is 2.12. The van der Waals surface area contributed by atoms with Gasteiger partial charge in [0.05, 0.1) is 53.8 Å². The van der Waals surface area contributed by atoms with E-state index in [4.69, 9.17) is 37.1 Å². The van der Waals surface area contributed by atoms with E-state index in [0.29, 0.717) is 60.2 Å². The molecule has 1 aromatic heterocycles. The van der Waals surface area contributed by atoms with Gasteiger partial charge in [-0.15, -0.1) is 0 Å². The van der Waals surface area contributed by atoms with E-state index in [1.165, 1.54) is 25.2 Å². The number of carbonyl (C=O) groups is 4. The molecular formula is C47H35BrCl2N4O8. The number of amides is 4. The lowest BCUT2D eigenvalue weighted by molar-refractivity contribution is -0.138. The number of rotatable bonds is 8. The second-order valence-electron chi connectivity index (χ2n) is 15.8. The van der Waals surface area contributed by atoms with Crippen molar-refractivity contribution in [3.8, 4) is 28.7 Å². The number of halogens is 3. The van der Waals surface area contributed by atoms with Gasteiger partial charge in [0, 0.05) is 26.5 Å². The number of allylic oxidation sites excluding steroid dienone is 2. The van der Waals surface area contributed by atoms with Gasteiger partial charge in [-0.2, -0.15) is 5.01 Å². The van der Waals surface area contributed by atoms with Crippen molar-refractivity contribution in [1.29, 1.82) is 0 Å². The standard InChI is InChI=1S/C47H35BrCl2N4O8/c1-60-28-14-9-24(10-15-28)47-33(44(57)54(46(47)59)52-35-18-11-26(49)21-34(35)50)22-31-29(40(47)32-19-25(48)20-38(61-2)41(32)55)16-17-30-39(31)45(58)53(43(30)56)27-12-7-23(8-13-27)42-51-36-5-3-4-6-37(36)62-42/h3-16,18-21,30-31,33,39-40,52,55H,17,22H2,1-2H3. The van der Waals surface area contributed by atoms with Crippen LogP contribution in [0.5, 0.6) is 17.2 Å². The Labute approximate surface area is 373 Å². The van der Waals surface area contributed by atoms with Crippen LogP contribution in [0.4, 0.5) is 11.4 Å². The summed E-state index contributed by atoms with van der Waals surface area (Å²) < 4.78 is 17.6. The highest BCUT2D eigenvalue weighted by Gasteiger charge is 2.71. The second kappa shape index (κ2) is 15.0. The van der Waals surface area contributed by atoms with Gasteiger partial charge in [0.25, 0.3) is 11.8 Å². The molecule has 0 radical (unpaired) electrons. The molecule has 2 N–H and O–H groups in total. The SMILES string of the molecule is COc1ccc(C23C(=O)N(Nc4ccc(Cl)cc4Cl)C(=O)C2CC2C(=CCC4C(=O)N(c5ccc(-c6nc7ccccc7o6)cc5)C(=O)C42)C3c2cc(Br)cc(OC)c2O)cc1. The number of ether oxygens (including phenoxy) is 2. The molecule has 0 bridgehead atoms. The molecule has 2 aliphatic heterocycles. The fraction of sp³-hybridized carbons (Fsp3) is 0.213. The average molecular weight is 935 g/mol. The normalized spacial score (nSPS) is 24.2. The number of phenolic OH excluding ortho intramolecular Hbond substituents is 1. The van der Waals surface area contributed by atoms with E-state index >= 15 is 9.59 Å². The lowest BCUT2D eigenvalue weighted by Crippen LogP contribution is -2.53. The minimum Gasteiger partial charge on any atom is -0.504 e. The molecule has 4 amide bonds. The summed E-state index contributed by atoms with van der Waals surface area (Å²) in [4.78, 5) is 66.0. The lowest BCUT2D eigenvalue weighted by atomic mass is 9.49. The number of methoxy groups -OCH3 is 2. The molecular weight excluding hydrogens is 899 g/mol. The number of phenols is 1. The zero-order chi connectivity index (χ0) is 43.2. The molecule has 10 rings (SSSR count). The van der Waals surface area contributed by atoms with Crippen molar-refractivity contribution in [1.82, 2.24) is 9.99 Å². The Kier molecular flexibility index (Phi) is 9.69. The monoisotopic (exact) mass is 932 g/mol. The third kappa shape index (κ3) is 5.96. The van der Waals surface area contributed by atoms with Crippen molar-refractivity contribution in [2.24, 2.45) is 23.7 Å². The Bertz CT molecular complexity index is 2870. The summed E-state index contributed by atoms with van der Waals surface area (Å²) in [5.41, 5.74) is 5.36. The molecule has 15 heteroatoms. The van der Waals surface area contributed by atoms with Gasteiger partial charge in [-0.3, -0.25) is 29.5 Å². The lowest BCUT2D eigenvalue weighted by Gasteiger charge is -2.50. The largest absolute Gasteiger partial charge is 0.504 e. The minimum atomic E-state index is -1.69. The molecule has 3 heterocycles. The summed E-state index contributed by atoms with van der Waals surface area (Å²) in [5.74, 6) is -5.63. The Balaban J connectivity index is 1.11. The van der Waals surface area contributed by atoms with Crippen LogP contribution in [0, 0.1) is 23.7 Å². The number of nitrogens with zero attached hydrogens (tertiary/aromatic N) is 3. The number of anilines is 2. The minimum absolute atomic E-state index is 0.0298. The first-order valence-corrected chi connectivity index (χ1v) is 21.3. The number of benzene rings is 5. The van der Waals surface area contributed by atoms with E-state index in [-0.39, 0.29) is 41.0 Å². The number of nitrogens with one attached hydrogen (secondary N) is 1. The van der Waals surface area contributed by atoms with Crippen molar-refractivity contribution in [3.05, 3.63) is 140 Å². The number of aromatic hydroxyl groups is 1. The number of imide groups is 2. The van der Waals surface area contributed by atoms with Crippen LogP contribution in [0.2, 0.25) is 10.0 Å². The van der Waals surface area contributed by atoms with Crippen LogP contribution in [0.3, 0.4) is 0 Å². The third-order valence-electron chi connectivity index (χ3n) is 12.8. The van der Waals surface area contributed by atoms with Gasteiger partial charge in [0.2, 0.25) is 17.7 Å². The second-order valence-corrected chi connectivity index (χ2v) is 17.6. The van der Waals surface area contributed by atoms with Crippen LogP contribution in [0.25, 0.3) is 22.6 Å². The fourth-order valence-corrected chi connectivity index (χ4v) is 11.1. The number of aromatic nitrogens is 1. The van der Waals surface area contributed by atoms with Crippen LogP contribution in [0.15, 0.2) is 124 Å². The summed E-state index contributed by atoms with van der Waals surface area (Å²) in [7, 11) is 2.95. The van der Waals surface area contributed by atoms with E-state index in [1.807, 2.05) is 30.3 Å². The van der Waals surface area contributed by atoms with Gasteiger partial charge in [-0.1, -0.05) is 75.0 Å². The van der Waals surface area contributed by atoms with E-state index in [2.05, 4.69) is 26.3 Å². The Hall–Kier alpha value is -6.15. The van der Waals surface area contributed by atoms with Crippen molar-refractivity contribution >= 4 is 85.2 Å². The number of hydrazine groups is 1. The summed E-state index contributed by atoms with van der Waals surface area (Å²) >= 11 is 16.4. The van der Waals surface area contributed by atoms with Crippen LogP contribution in [-0.4, -0.2) is 52.9 Å². The van der Waals surface area contributed by atoms with Crippen molar-refractivity contribution in [3.63, 3.8) is 0 Å². The summed E-state index contributed by atoms with van der Waals surface area (Å²) in [6, 6.07) is 29.2. The van der Waals surface area contributed by atoms with Gasteiger partial charge >= 0.3 is 0 Å². The topological polar surface area (TPSA) is 152 Å². The Morgan fingerprint density at radius 1 is 0.871 bits per heavy atom. The fourth-order valence-electron chi connectivity index (χ4n) is 10.2. The van der Waals surface area contributed by atoms with Gasteiger partial charge in [-0.05, 0) is 103 Å². The van der Waals surface area contributed by atoms with Gasteiger partial charge in [-0.25, -0.2) is 4.98 Å². The maximum Gasteiger partial charge on any atom is 0.260 e. The average Bonchev–Trinajstić information content (AvgIpc) is 3.89. The molecule has 62 heavy (non-hydrogen) atoms. The van der Waals surface area contributed by atoms with E-state index in [1.54, 1.807) is 72.8 Å². The molecule has 3 fully saturated rings. The van der Waals surface area contributed by atoms with Crippen LogP contribution < -0.4 is 19.8 Å². The molecule has 312 valence electrons. The van der Waals surface area contributed by atoms with E-state index < -0.39 is 52.7 Å². The molecule has 6 unspecified atom stereocenters. The zero-order valence-electron chi connectivity index (χ0n) is 33.0. The maximum absolute atomic E-state index is 15.6. The van der Waals surface area contributed by atoms with Gasteiger partial charge in [0.1, 0.15) is 11.3 Å². The smallest absolute Gasteiger partial charge is 0.260 e. The van der Waals surface area contributed by atoms with E-state index in [9.17, 15) is 14.7 Å². The molecule has 1 saturated carbocycles. The van der Waals surface area contributed by atoms with Gasteiger partial charge in [0.15, 0.2) is 17.1 Å². The molecule has 6 atom stereocenters. The number of para-hydroxylation sites is 2. The third-order valence-corrected chi connectivity index (χ3v) is 13.9. The molecule has 12 nitrogen and oxygen atoms in total. The first-order valence-electron chi connectivity index (χ1n) is 19.8. The number of fused-ring (bicyclic) bond motifs is 5. The maximum atomic E-state index is 15.6. The first kappa shape index (κ1) is 40.0. The zero-order valence-corrected chi connectivity index (χ0v) is 36.1. The quantitative estimate of drug-likeness (QED) is 0.112. The molecule has 2 aliphatic carbocycles. The molecule has 0 spiro atoms. The summed E-state index contributed by atoms with van der Waals surface area (Å²) in [6.45, 7) is 0. The van der Waals surface area contributed by atoms with Crippen molar-refractivity contribution in [2.45, 2.75) is 24.2 Å². The predicted octanol–water partition coefficient (Wildman–Crippen LogP) is 9.48. The highest BCUT2D eigenvalue weighted by Crippen LogP contribution is 2.65. The van der Waals surface area contributed by atoms with E-state index in [0.717, 1.165) is 5.01 Å².